The number of anilines is 1. The molecule has 2 atom stereocenters. The molecule has 3 rings (SSSR count). The van der Waals surface area contributed by atoms with Crippen molar-refractivity contribution in [3.63, 3.8) is 0 Å². The monoisotopic (exact) mass is 317 g/mol. The minimum Gasteiger partial charge on any atom is -0.386 e. The van der Waals surface area contributed by atoms with Gasteiger partial charge in [0.15, 0.2) is 0 Å². The minimum absolute atomic E-state index is 0.214. The third kappa shape index (κ3) is 3.50. The third-order valence-electron chi connectivity index (χ3n) is 4.40. The van der Waals surface area contributed by atoms with Crippen molar-refractivity contribution in [2.45, 2.75) is 26.0 Å². The molecule has 0 saturated carbocycles. The molecule has 2 heteroatoms. The van der Waals surface area contributed by atoms with Crippen molar-refractivity contribution in [3.8, 4) is 0 Å². The van der Waals surface area contributed by atoms with Gasteiger partial charge in [0.1, 0.15) is 6.10 Å². The summed E-state index contributed by atoms with van der Waals surface area (Å²) in [6.07, 6.45) is -0.632. The SMILES string of the molecule is Cc1cccc(C)c1N[C@@H](c1ccccc1)[C@@H](O)c1ccccc1. The largest absolute Gasteiger partial charge is 0.386 e. The molecule has 2 nitrogen and oxygen atoms in total. The number of para-hydroxylation sites is 1. The van der Waals surface area contributed by atoms with Gasteiger partial charge in [-0.05, 0) is 36.1 Å². The third-order valence-corrected chi connectivity index (χ3v) is 4.40. The predicted molar refractivity (Wildman–Crippen MR) is 100 cm³/mol. The van der Waals surface area contributed by atoms with E-state index in [1.807, 2.05) is 48.5 Å². The number of nitrogens with one attached hydrogen (secondary N) is 1. The summed E-state index contributed by atoms with van der Waals surface area (Å²) in [5.74, 6) is 0. The second-order valence-corrected chi connectivity index (χ2v) is 6.16. The van der Waals surface area contributed by atoms with Crippen LogP contribution in [-0.4, -0.2) is 5.11 Å². The Hall–Kier alpha value is -2.58. The first-order chi connectivity index (χ1) is 11.7. The fourth-order valence-electron chi connectivity index (χ4n) is 3.05. The molecule has 0 fully saturated rings. The molecule has 24 heavy (non-hydrogen) atoms. The number of rotatable bonds is 5. The second kappa shape index (κ2) is 7.33. The Morgan fingerprint density at radius 2 is 1.17 bits per heavy atom. The Labute approximate surface area is 143 Å². The van der Waals surface area contributed by atoms with Crippen LogP contribution in [0.25, 0.3) is 0 Å². The maximum atomic E-state index is 11.0. The normalized spacial score (nSPS) is 13.3. The Bertz CT molecular complexity index is 763. The van der Waals surface area contributed by atoms with Crippen molar-refractivity contribution in [3.05, 3.63) is 101 Å². The van der Waals surface area contributed by atoms with Gasteiger partial charge in [-0.1, -0.05) is 78.9 Å². The average molecular weight is 317 g/mol. The summed E-state index contributed by atoms with van der Waals surface area (Å²) < 4.78 is 0. The van der Waals surface area contributed by atoms with Crippen LogP contribution in [0.4, 0.5) is 5.69 Å². The van der Waals surface area contributed by atoms with Gasteiger partial charge >= 0.3 is 0 Å². The molecular formula is C22H23NO. The summed E-state index contributed by atoms with van der Waals surface area (Å²) in [4.78, 5) is 0. The molecule has 0 unspecified atom stereocenters. The maximum Gasteiger partial charge on any atom is 0.103 e. The predicted octanol–water partition coefficient (Wildman–Crippen LogP) is 5.19. The summed E-state index contributed by atoms with van der Waals surface area (Å²) in [5, 5.41) is 14.6. The first-order valence-corrected chi connectivity index (χ1v) is 8.27. The summed E-state index contributed by atoms with van der Waals surface area (Å²) in [6.45, 7) is 4.18. The molecule has 3 aromatic rings. The van der Waals surface area contributed by atoms with E-state index in [9.17, 15) is 5.11 Å². The molecule has 0 bridgehead atoms. The number of hydrogen-bond acceptors (Lipinski definition) is 2. The van der Waals surface area contributed by atoms with Gasteiger partial charge in [-0.25, -0.2) is 0 Å². The molecule has 0 aliphatic carbocycles. The van der Waals surface area contributed by atoms with E-state index in [2.05, 4.69) is 49.5 Å². The summed E-state index contributed by atoms with van der Waals surface area (Å²) in [5.41, 5.74) is 5.41. The van der Waals surface area contributed by atoms with E-state index in [1.54, 1.807) is 0 Å². The lowest BCUT2D eigenvalue weighted by molar-refractivity contribution is 0.155. The number of aliphatic hydroxyl groups is 1. The zero-order valence-electron chi connectivity index (χ0n) is 14.1. The van der Waals surface area contributed by atoms with Crippen LogP contribution in [0.5, 0.6) is 0 Å². The van der Waals surface area contributed by atoms with Gasteiger partial charge in [-0.2, -0.15) is 0 Å². The zero-order chi connectivity index (χ0) is 16.9. The smallest absolute Gasteiger partial charge is 0.103 e. The molecule has 0 amide bonds. The van der Waals surface area contributed by atoms with Crippen LogP contribution in [0, 0.1) is 13.8 Å². The number of hydrogen-bond donors (Lipinski definition) is 2. The highest BCUT2D eigenvalue weighted by atomic mass is 16.3. The van der Waals surface area contributed by atoms with Crippen LogP contribution in [0.2, 0.25) is 0 Å². The van der Waals surface area contributed by atoms with E-state index in [4.69, 9.17) is 0 Å². The van der Waals surface area contributed by atoms with Gasteiger partial charge in [-0.3, -0.25) is 0 Å². The van der Waals surface area contributed by atoms with Gasteiger partial charge < -0.3 is 10.4 Å². The molecule has 122 valence electrons. The van der Waals surface area contributed by atoms with Crippen LogP contribution in [0.3, 0.4) is 0 Å². The maximum absolute atomic E-state index is 11.0. The Balaban J connectivity index is 2.00. The Kier molecular flexibility index (Phi) is 4.97. The molecular weight excluding hydrogens is 294 g/mol. The van der Waals surface area contributed by atoms with Crippen LogP contribution in [0.15, 0.2) is 78.9 Å². The first-order valence-electron chi connectivity index (χ1n) is 8.27. The van der Waals surface area contributed by atoms with Gasteiger partial charge in [0.05, 0.1) is 6.04 Å². The highest BCUT2D eigenvalue weighted by Crippen LogP contribution is 2.34. The van der Waals surface area contributed by atoms with Crippen molar-refractivity contribution >= 4 is 5.69 Å². The summed E-state index contributed by atoms with van der Waals surface area (Å²) in [7, 11) is 0. The molecule has 0 spiro atoms. The molecule has 3 aromatic carbocycles. The van der Waals surface area contributed by atoms with Crippen LogP contribution in [0.1, 0.15) is 34.4 Å². The van der Waals surface area contributed by atoms with E-state index in [-0.39, 0.29) is 6.04 Å². The fraction of sp³-hybridized carbons (Fsp3) is 0.182. The molecule has 2 N–H and O–H groups in total. The van der Waals surface area contributed by atoms with E-state index in [0.29, 0.717) is 0 Å². The van der Waals surface area contributed by atoms with E-state index in [1.165, 1.54) is 11.1 Å². The van der Waals surface area contributed by atoms with Crippen molar-refractivity contribution in [1.82, 2.24) is 0 Å². The van der Waals surface area contributed by atoms with E-state index < -0.39 is 6.10 Å². The lowest BCUT2D eigenvalue weighted by Gasteiger charge is -2.27. The Morgan fingerprint density at radius 1 is 0.667 bits per heavy atom. The molecule has 0 saturated heterocycles. The number of aliphatic hydroxyl groups excluding tert-OH is 1. The second-order valence-electron chi connectivity index (χ2n) is 6.16. The lowest BCUT2D eigenvalue weighted by atomic mass is 9.94. The van der Waals surface area contributed by atoms with Crippen molar-refractivity contribution in [2.24, 2.45) is 0 Å². The van der Waals surface area contributed by atoms with Gasteiger partial charge in [0, 0.05) is 5.69 Å². The van der Waals surface area contributed by atoms with Crippen molar-refractivity contribution in [1.29, 1.82) is 0 Å². The van der Waals surface area contributed by atoms with Crippen molar-refractivity contribution < 1.29 is 5.11 Å². The number of aryl methyl sites for hydroxylation is 2. The van der Waals surface area contributed by atoms with Gasteiger partial charge in [0.2, 0.25) is 0 Å². The standard InChI is InChI=1S/C22H23NO/c1-16-10-9-11-17(2)20(16)23-21(18-12-5-3-6-13-18)22(24)19-14-7-4-8-15-19/h3-15,21-24H,1-2H3/t21-,22-/m0/s1. The molecule has 0 aliphatic rings. The highest BCUT2D eigenvalue weighted by molar-refractivity contribution is 5.58. The average Bonchev–Trinajstić information content (AvgIpc) is 2.62. The lowest BCUT2D eigenvalue weighted by Crippen LogP contribution is -2.20. The summed E-state index contributed by atoms with van der Waals surface area (Å²) in [6, 6.07) is 25.9. The van der Waals surface area contributed by atoms with Gasteiger partial charge in [0.25, 0.3) is 0 Å². The van der Waals surface area contributed by atoms with E-state index >= 15 is 0 Å². The van der Waals surface area contributed by atoms with Crippen LogP contribution < -0.4 is 5.32 Å². The summed E-state index contributed by atoms with van der Waals surface area (Å²) >= 11 is 0. The molecule has 0 radical (unpaired) electrons. The van der Waals surface area contributed by atoms with Crippen molar-refractivity contribution in [2.75, 3.05) is 5.32 Å². The number of benzene rings is 3. The zero-order valence-corrected chi connectivity index (χ0v) is 14.1. The highest BCUT2D eigenvalue weighted by Gasteiger charge is 2.23. The quantitative estimate of drug-likeness (QED) is 0.678. The molecule has 0 aliphatic heterocycles. The van der Waals surface area contributed by atoms with Crippen LogP contribution in [-0.2, 0) is 0 Å². The molecule has 0 aromatic heterocycles. The van der Waals surface area contributed by atoms with Crippen LogP contribution >= 0.6 is 0 Å². The van der Waals surface area contributed by atoms with E-state index in [0.717, 1.165) is 16.8 Å². The minimum atomic E-state index is -0.632. The topological polar surface area (TPSA) is 32.3 Å². The Morgan fingerprint density at radius 3 is 1.71 bits per heavy atom. The first kappa shape index (κ1) is 16.3. The molecule has 0 heterocycles. The van der Waals surface area contributed by atoms with Gasteiger partial charge in [-0.15, -0.1) is 0 Å². The fourth-order valence-corrected chi connectivity index (χ4v) is 3.05.